The monoisotopic (exact) mass is 153 g/mol. The quantitative estimate of drug-likeness (QED) is 0.282. The van der Waals surface area contributed by atoms with Crippen molar-refractivity contribution in [1.82, 2.24) is 0 Å². The van der Waals surface area contributed by atoms with Crippen LogP contribution >= 0.6 is 7.82 Å². The predicted molar refractivity (Wildman–Crippen MR) is 9.83 cm³/mol. The van der Waals surface area contributed by atoms with Crippen molar-refractivity contribution in [2.24, 2.45) is 0 Å². The molecule has 0 aromatic carbocycles. The minimum Gasteiger partial charge on any atom is -0.822 e. The molecule has 0 unspecified atom stereocenters. The van der Waals surface area contributed by atoms with Crippen molar-refractivity contribution in [2.45, 2.75) is 0 Å². The van der Waals surface area contributed by atoms with Crippen LogP contribution in [0.1, 0.15) is 2.85 Å². The summed E-state index contributed by atoms with van der Waals surface area (Å²) in [6.07, 6.45) is 0. The van der Waals surface area contributed by atoms with Crippen LogP contribution in [0.2, 0.25) is 0 Å². The second kappa shape index (κ2) is 2.75. The van der Waals surface area contributed by atoms with E-state index in [1.54, 1.807) is 0 Å². The maximum atomic E-state index is 8.55. The van der Waals surface area contributed by atoms with Gasteiger partial charge in [0.05, 0.1) is 0 Å². The van der Waals surface area contributed by atoms with E-state index in [4.69, 9.17) is 19.2 Å². The van der Waals surface area contributed by atoms with E-state index in [2.05, 4.69) is 0 Å². The summed E-state index contributed by atoms with van der Waals surface area (Å²) in [4.78, 5) is 25.6. The van der Waals surface area contributed by atoms with Gasteiger partial charge in [0.25, 0.3) is 0 Å². The Kier molecular flexibility index (Phi) is 4.49. The van der Waals surface area contributed by atoms with Crippen molar-refractivity contribution >= 4 is 7.82 Å². The molecule has 0 aliphatic carbocycles. The Morgan fingerprint density at radius 3 is 1.33 bits per heavy atom. The summed E-state index contributed by atoms with van der Waals surface area (Å²) < 4.78 is 8.55. The molecule has 0 N–H and O–H groups in total. The van der Waals surface area contributed by atoms with Gasteiger partial charge in [-0.2, -0.15) is 7.82 Å². The summed E-state index contributed by atoms with van der Waals surface area (Å²) >= 11 is 0. The van der Waals surface area contributed by atoms with Gasteiger partial charge >= 0.3 is 19.9 Å². The largest absolute Gasteiger partial charge is 2.00 e. The van der Waals surface area contributed by atoms with Gasteiger partial charge in [-0.1, -0.05) is 0 Å². The minimum absolute atomic E-state index is 0. The van der Waals surface area contributed by atoms with E-state index in [9.17, 15) is 0 Å². The van der Waals surface area contributed by atoms with Crippen LogP contribution in [-0.4, -0.2) is 0 Å². The molecule has 0 rings (SSSR count). The summed E-state index contributed by atoms with van der Waals surface area (Å²) in [5, 5.41) is 0. The molecule has 0 bridgehead atoms. The third-order valence-electron chi connectivity index (χ3n) is 0. The van der Waals surface area contributed by atoms with Crippen molar-refractivity contribution < 1.29 is 39.2 Å². The molecule has 0 heterocycles. The zero-order chi connectivity index (χ0) is 4.50. The molecule has 0 aliphatic heterocycles. The zero-order valence-corrected chi connectivity index (χ0v) is 4.43. The van der Waals surface area contributed by atoms with Crippen LogP contribution in [0.25, 0.3) is 0 Å². The Balaban J connectivity index is -0.0000000267. The maximum absolute atomic E-state index is 8.55. The second-order valence-electron chi connectivity index (χ2n) is 0.447. The Morgan fingerprint density at radius 1 is 1.33 bits per heavy atom. The Labute approximate surface area is 47.9 Å². The topological polar surface area (TPSA) is 86.2 Å². The minimum atomic E-state index is -5.39. The van der Waals surface area contributed by atoms with Gasteiger partial charge in [0, 0.05) is 0 Å². The van der Waals surface area contributed by atoms with Crippen molar-refractivity contribution in [2.75, 3.05) is 0 Å². The van der Waals surface area contributed by atoms with Crippen molar-refractivity contribution in [1.29, 1.82) is 0 Å². The average molecular weight is 153 g/mol. The van der Waals surface area contributed by atoms with Crippen molar-refractivity contribution in [3.8, 4) is 0 Å². The van der Waals surface area contributed by atoms with Crippen LogP contribution in [0.3, 0.4) is 0 Å². The van der Waals surface area contributed by atoms with E-state index in [1.165, 1.54) is 0 Å². The molecule has 0 aliphatic rings. The summed E-state index contributed by atoms with van der Waals surface area (Å²) in [6, 6.07) is 0. The molecule has 0 aromatic heterocycles. The molecule has 0 aromatic rings. The summed E-state index contributed by atoms with van der Waals surface area (Å²) in [5.74, 6) is 0. The molecule has 0 atom stereocenters. The molecule has 4 nitrogen and oxygen atoms in total. The molecular formula is H2FeO4P+. The van der Waals surface area contributed by atoms with E-state index in [0.717, 1.165) is 0 Å². The number of rotatable bonds is 0. The SMILES string of the molecule is O=P([O-])([O-])[O-].[Fe+2].[H+].[H+]. The van der Waals surface area contributed by atoms with Crippen LogP contribution in [-0.2, 0) is 21.6 Å². The normalized spacial score (nSPS) is 9.83. The van der Waals surface area contributed by atoms with Gasteiger partial charge in [0.15, 0.2) is 0 Å². The van der Waals surface area contributed by atoms with Gasteiger partial charge in [-0.3, -0.25) is 0 Å². The van der Waals surface area contributed by atoms with Gasteiger partial charge in [0.2, 0.25) is 0 Å². The molecule has 38 valence electrons. The third-order valence-corrected chi connectivity index (χ3v) is 0. The van der Waals surface area contributed by atoms with Crippen LogP contribution < -0.4 is 14.7 Å². The second-order valence-corrected chi connectivity index (χ2v) is 1.34. The van der Waals surface area contributed by atoms with Crippen LogP contribution in [0.5, 0.6) is 0 Å². The fourth-order valence-electron chi connectivity index (χ4n) is 0. The molecule has 6 heavy (non-hydrogen) atoms. The van der Waals surface area contributed by atoms with Crippen molar-refractivity contribution in [3.63, 3.8) is 0 Å². The van der Waals surface area contributed by atoms with E-state index >= 15 is 0 Å². The van der Waals surface area contributed by atoms with Gasteiger partial charge in [-0.15, -0.1) is 0 Å². The average Bonchev–Trinajstić information content (AvgIpc) is 0.722. The predicted octanol–water partition coefficient (Wildman–Crippen LogP) is -2.60. The maximum Gasteiger partial charge on any atom is 2.00 e. The summed E-state index contributed by atoms with van der Waals surface area (Å²) in [5.41, 5.74) is 0. The van der Waals surface area contributed by atoms with E-state index < -0.39 is 7.82 Å². The molecule has 0 spiro atoms. The van der Waals surface area contributed by atoms with Gasteiger partial charge in [0.1, 0.15) is 0 Å². The van der Waals surface area contributed by atoms with E-state index in [-0.39, 0.29) is 19.9 Å². The Morgan fingerprint density at radius 2 is 1.33 bits per heavy atom. The Hall–Kier alpha value is 0.629. The summed E-state index contributed by atoms with van der Waals surface area (Å²) in [7, 11) is -5.39. The molecule has 0 fully saturated rings. The van der Waals surface area contributed by atoms with Crippen LogP contribution in [0.15, 0.2) is 0 Å². The van der Waals surface area contributed by atoms with Gasteiger partial charge in [-0.25, -0.2) is 0 Å². The first-order valence-electron chi connectivity index (χ1n) is 0.730. The molecule has 0 saturated carbocycles. The smallest absolute Gasteiger partial charge is 0.822 e. The number of hydrogen-bond donors (Lipinski definition) is 0. The van der Waals surface area contributed by atoms with Crippen LogP contribution in [0.4, 0.5) is 0 Å². The standard InChI is InChI=1S/Fe.H3O4P/c;1-5(2,3)4/h;(H3,1,2,3,4)/q+2;/p-1. The van der Waals surface area contributed by atoms with E-state index in [0.29, 0.717) is 0 Å². The van der Waals surface area contributed by atoms with Gasteiger partial charge in [-0.05, 0) is 0 Å². The first-order chi connectivity index (χ1) is 2.00. The Bertz CT molecular complexity index is 60.2. The fourth-order valence-corrected chi connectivity index (χ4v) is 0. The molecular weight excluding hydrogens is 151 g/mol. The number of hydrogen-bond acceptors (Lipinski definition) is 4. The molecule has 0 amide bonds. The van der Waals surface area contributed by atoms with Crippen LogP contribution in [0, 0.1) is 0 Å². The fraction of sp³-hybridized carbons (Fsp3) is 0. The molecule has 0 saturated heterocycles. The first kappa shape index (κ1) is 9.80. The van der Waals surface area contributed by atoms with E-state index in [1.807, 2.05) is 0 Å². The van der Waals surface area contributed by atoms with Crippen molar-refractivity contribution in [3.05, 3.63) is 0 Å². The van der Waals surface area contributed by atoms with Gasteiger partial charge < -0.3 is 19.2 Å². The molecule has 0 radical (unpaired) electrons. The zero-order valence-electron chi connectivity index (χ0n) is 4.43. The number of phosphoric acid groups is 1. The first-order valence-corrected chi connectivity index (χ1v) is 2.19. The summed E-state index contributed by atoms with van der Waals surface area (Å²) in [6.45, 7) is 0. The third kappa shape index (κ3) is 154. The molecule has 6 heteroatoms.